The van der Waals surface area contributed by atoms with E-state index in [1.54, 1.807) is 42.2 Å². The van der Waals surface area contributed by atoms with E-state index in [-0.39, 0.29) is 5.91 Å². The van der Waals surface area contributed by atoms with Crippen LogP contribution in [0.4, 0.5) is 5.82 Å². The Hall–Kier alpha value is -1.82. The van der Waals surface area contributed by atoms with Gasteiger partial charge in [0.2, 0.25) is 0 Å². The number of aryl methyl sites for hydroxylation is 1. The van der Waals surface area contributed by atoms with Crippen molar-refractivity contribution in [2.75, 3.05) is 12.4 Å². The van der Waals surface area contributed by atoms with Crippen LogP contribution < -0.4 is 10.1 Å². The number of carbonyl (C=O) groups excluding carboxylic acids is 1. The minimum atomic E-state index is -0.252. The van der Waals surface area contributed by atoms with Gasteiger partial charge in [-0.15, -0.1) is 0 Å². The fourth-order valence-corrected chi connectivity index (χ4v) is 1.86. The fraction of sp³-hybridized carbons (Fsp3) is 0.167. The molecular weight excluding hydrogens is 298 g/mol. The predicted molar refractivity (Wildman–Crippen MR) is 71.9 cm³/mol. The Kier molecular flexibility index (Phi) is 3.66. The number of amides is 1. The van der Waals surface area contributed by atoms with Crippen molar-refractivity contribution in [3.63, 3.8) is 0 Å². The van der Waals surface area contributed by atoms with Gasteiger partial charge < -0.3 is 10.1 Å². The van der Waals surface area contributed by atoms with Gasteiger partial charge in [-0.05, 0) is 18.2 Å². The molecule has 1 amide bonds. The van der Waals surface area contributed by atoms with Crippen LogP contribution in [0.5, 0.6) is 5.75 Å². The third-order valence-corrected chi connectivity index (χ3v) is 2.86. The molecule has 0 unspecified atom stereocenters. The largest absolute Gasteiger partial charge is 0.496 e. The number of rotatable bonds is 3. The lowest BCUT2D eigenvalue weighted by Gasteiger charge is -2.08. The van der Waals surface area contributed by atoms with Gasteiger partial charge >= 0.3 is 0 Å². The van der Waals surface area contributed by atoms with Crippen molar-refractivity contribution in [1.82, 2.24) is 9.78 Å². The highest BCUT2D eigenvalue weighted by Crippen LogP contribution is 2.24. The Bertz CT molecular complexity index is 580. The summed E-state index contributed by atoms with van der Waals surface area (Å²) in [7, 11) is 3.31. The van der Waals surface area contributed by atoms with E-state index in [4.69, 9.17) is 4.74 Å². The molecule has 0 fully saturated rings. The predicted octanol–water partition coefficient (Wildman–Crippen LogP) is 2.44. The lowest BCUT2D eigenvalue weighted by molar-refractivity contribution is 0.102. The van der Waals surface area contributed by atoms with Gasteiger partial charge in [-0.25, -0.2) is 0 Å². The van der Waals surface area contributed by atoms with Crippen LogP contribution in [0.1, 0.15) is 10.4 Å². The number of nitrogens with one attached hydrogen (secondary N) is 1. The standard InChI is InChI=1S/C12H12BrN3O2/c1-16-6-5-11(15-16)14-12(17)9-4-3-8(13)7-10(9)18-2/h3-7H,1-2H3,(H,14,15,17). The molecule has 0 spiro atoms. The molecule has 5 nitrogen and oxygen atoms in total. The van der Waals surface area contributed by atoms with Crippen molar-refractivity contribution in [2.24, 2.45) is 7.05 Å². The highest BCUT2D eigenvalue weighted by molar-refractivity contribution is 9.10. The highest BCUT2D eigenvalue weighted by Gasteiger charge is 2.13. The molecule has 94 valence electrons. The summed E-state index contributed by atoms with van der Waals surface area (Å²) in [6.07, 6.45) is 1.76. The molecule has 1 aromatic carbocycles. The first-order valence-corrected chi connectivity index (χ1v) is 6.04. The maximum Gasteiger partial charge on any atom is 0.260 e. The van der Waals surface area contributed by atoms with Gasteiger partial charge in [0.05, 0.1) is 12.7 Å². The molecule has 0 bridgehead atoms. The van der Waals surface area contributed by atoms with E-state index < -0.39 is 0 Å². The maximum atomic E-state index is 12.1. The molecule has 0 aliphatic rings. The summed E-state index contributed by atoms with van der Waals surface area (Å²) in [5.41, 5.74) is 0.464. The Morgan fingerprint density at radius 3 is 2.83 bits per heavy atom. The van der Waals surface area contributed by atoms with Crippen molar-refractivity contribution in [2.45, 2.75) is 0 Å². The average Bonchev–Trinajstić information content (AvgIpc) is 2.74. The van der Waals surface area contributed by atoms with Gasteiger partial charge in [0.15, 0.2) is 5.82 Å². The molecule has 1 aromatic heterocycles. The second-order valence-electron chi connectivity index (χ2n) is 3.67. The minimum Gasteiger partial charge on any atom is -0.496 e. The smallest absolute Gasteiger partial charge is 0.260 e. The Balaban J connectivity index is 2.23. The topological polar surface area (TPSA) is 56.1 Å². The fourth-order valence-electron chi connectivity index (χ4n) is 1.52. The number of carbonyl (C=O) groups is 1. The average molecular weight is 310 g/mol. The maximum absolute atomic E-state index is 12.1. The van der Waals surface area contributed by atoms with E-state index in [2.05, 4.69) is 26.3 Å². The molecule has 0 radical (unpaired) electrons. The van der Waals surface area contributed by atoms with Crippen LogP contribution in [0.3, 0.4) is 0 Å². The molecule has 0 saturated heterocycles. The molecule has 18 heavy (non-hydrogen) atoms. The van der Waals surface area contributed by atoms with Crippen molar-refractivity contribution in [3.8, 4) is 5.75 Å². The van der Waals surface area contributed by atoms with Crippen LogP contribution in [0, 0.1) is 0 Å². The van der Waals surface area contributed by atoms with E-state index in [1.807, 2.05) is 0 Å². The Labute approximate surface area is 113 Å². The van der Waals surface area contributed by atoms with Crippen molar-refractivity contribution < 1.29 is 9.53 Å². The van der Waals surface area contributed by atoms with Gasteiger partial charge in [0.25, 0.3) is 5.91 Å². The number of ether oxygens (including phenoxy) is 1. The molecule has 2 aromatic rings. The third-order valence-electron chi connectivity index (χ3n) is 2.36. The SMILES string of the molecule is COc1cc(Br)ccc1C(=O)Nc1ccn(C)n1. The molecule has 2 rings (SSSR count). The van der Waals surface area contributed by atoms with Crippen LogP contribution in [0.2, 0.25) is 0 Å². The zero-order valence-corrected chi connectivity index (χ0v) is 11.6. The van der Waals surface area contributed by atoms with Crippen LogP contribution in [-0.4, -0.2) is 22.8 Å². The minimum absolute atomic E-state index is 0.252. The summed E-state index contributed by atoms with van der Waals surface area (Å²) >= 11 is 3.33. The number of anilines is 1. The lowest BCUT2D eigenvalue weighted by Crippen LogP contribution is -2.13. The van der Waals surface area contributed by atoms with Crippen LogP contribution in [-0.2, 0) is 7.05 Å². The van der Waals surface area contributed by atoms with Crippen molar-refractivity contribution in [1.29, 1.82) is 0 Å². The summed E-state index contributed by atoms with van der Waals surface area (Å²) < 4.78 is 7.65. The molecule has 0 aliphatic carbocycles. The first-order chi connectivity index (χ1) is 8.60. The summed E-state index contributed by atoms with van der Waals surface area (Å²) in [6, 6.07) is 6.95. The van der Waals surface area contributed by atoms with Crippen LogP contribution in [0.15, 0.2) is 34.9 Å². The summed E-state index contributed by atoms with van der Waals surface area (Å²) in [6.45, 7) is 0. The van der Waals surface area contributed by atoms with E-state index in [9.17, 15) is 4.79 Å². The first-order valence-electron chi connectivity index (χ1n) is 5.24. The number of halogens is 1. The number of methoxy groups -OCH3 is 1. The van der Waals surface area contributed by atoms with Gasteiger partial charge in [0.1, 0.15) is 5.75 Å². The highest BCUT2D eigenvalue weighted by atomic mass is 79.9. The molecule has 0 saturated carbocycles. The quantitative estimate of drug-likeness (QED) is 0.947. The first kappa shape index (κ1) is 12.6. The van der Waals surface area contributed by atoms with Gasteiger partial charge in [0, 0.05) is 23.8 Å². The number of nitrogens with zero attached hydrogens (tertiary/aromatic N) is 2. The molecule has 1 N–H and O–H groups in total. The van der Waals surface area contributed by atoms with E-state index in [0.717, 1.165) is 4.47 Å². The third kappa shape index (κ3) is 2.70. The van der Waals surface area contributed by atoms with Gasteiger partial charge in [-0.3, -0.25) is 9.48 Å². The number of hydrogen-bond acceptors (Lipinski definition) is 3. The van der Waals surface area contributed by atoms with Gasteiger partial charge in [-0.2, -0.15) is 5.10 Å². The summed E-state index contributed by atoms with van der Waals surface area (Å²) in [5.74, 6) is 0.767. The van der Waals surface area contributed by atoms with E-state index in [1.165, 1.54) is 7.11 Å². The lowest BCUT2D eigenvalue weighted by atomic mass is 10.2. The number of hydrogen-bond donors (Lipinski definition) is 1. The molecular formula is C12H12BrN3O2. The Morgan fingerprint density at radius 1 is 1.44 bits per heavy atom. The molecule has 0 aliphatic heterocycles. The Morgan fingerprint density at radius 2 is 2.22 bits per heavy atom. The second-order valence-corrected chi connectivity index (χ2v) is 4.59. The van der Waals surface area contributed by atoms with E-state index in [0.29, 0.717) is 17.1 Å². The van der Waals surface area contributed by atoms with Crippen LogP contribution >= 0.6 is 15.9 Å². The summed E-state index contributed by atoms with van der Waals surface area (Å²) in [4.78, 5) is 12.1. The number of benzene rings is 1. The summed E-state index contributed by atoms with van der Waals surface area (Å²) in [5, 5.41) is 6.79. The molecule has 0 atom stereocenters. The van der Waals surface area contributed by atoms with Crippen LogP contribution in [0.25, 0.3) is 0 Å². The zero-order valence-electron chi connectivity index (χ0n) is 9.98. The zero-order chi connectivity index (χ0) is 13.1. The number of aromatic nitrogens is 2. The monoisotopic (exact) mass is 309 g/mol. The second kappa shape index (κ2) is 5.22. The molecule has 6 heteroatoms. The van der Waals surface area contributed by atoms with Gasteiger partial charge in [-0.1, -0.05) is 15.9 Å². The molecule has 1 heterocycles. The normalized spacial score (nSPS) is 10.2. The van der Waals surface area contributed by atoms with E-state index >= 15 is 0 Å². The van der Waals surface area contributed by atoms with Crippen molar-refractivity contribution >= 4 is 27.7 Å². The van der Waals surface area contributed by atoms with Crippen molar-refractivity contribution in [3.05, 3.63) is 40.5 Å².